The number of anilines is 1. The van der Waals surface area contributed by atoms with E-state index in [9.17, 15) is 4.79 Å². The molecule has 0 aliphatic rings. The molecule has 8 heteroatoms. The zero-order chi connectivity index (χ0) is 13.1. The van der Waals surface area contributed by atoms with Crippen molar-refractivity contribution in [2.45, 2.75) is 4.34 Å². The molecule has 1 aromatic carbocycles. The summed E-state index contributed by atoms with van der Waals surface area (Å²) in [6.45, 7) is 0. The fourth-order valence-electron chi connectivity index (χ4n) is 1.47. The lowest BCUT2D eigenvalue weighted by Crippen LogP contribution is -2.14. The molecule has 0 saturated carbocycles. The number of fused-ring (bicyclic) bond motifs is 1. The molecule has 96 valence electrons. The average molecular weight is 291 g/mol. The fraction of sp³-hybridized carbons (Fsp3) is 0.0909. The van der Waals surface area contributed by atoms with Crippen LogP contribution >= 0.6 is 23.1 Å². The molecule has 0 atom stereocenters. The quantitative estimate of drug-likeness (QED) is 0.720. The topological polar surface area (TPSA) is 83.6 Å². The molecular weight excluding hydrogens is 282 g/mol. The lowest BCUT2D eigenvalue weighted by atomic mass is 10.3. The number of aromatic nitrogens is 4. The van der Waals surface area contributed by atoms with Gasteiger partial charge in [0, 0.05) is 0 Å². The molecule has 6 nitrogen and oxygen atoms in total. The Balaban J connectivity index is 1.61. The van der Waals surface area contributed by atoms with Crippen LogP contribution < -0.4 is 5.32 Å². The number of hydrogen-bond donors (Lipinski definition) is 2. The number of nitrogens with zero attached hydrogens (tertiary/aromatic N) is 3. The van der Waals surface area contributed by atoms with Crippen molar-refractivity contribution >= 4 is 45.2 Å². The van der Waals surface area contributed by atoms with Crippen LogP contribution in [0, 0.1) is 0 Å². The van der Waals surface area contributed by atoms with Crippen LogP contribution in [0.2, 0.25) is 0 Å². The first-order valence-corrected chi connectivity index (χ1v) is 7.25. The number of carbonyl (C=O) groups excluding carboxylic acids is 1. The lowest BCUT2D eigenvalue weighted by Gasteiger charge is -1.98. The maximum absolute atomic E-state index is 11.7. The highest BCUT2D eigenvalue weighted by Gasteiger charge is 2.08. The Bertz CT molecular complexity index is 661. The first kappa shape index (κ1) is 12.1. The SMILES string of the molecule is O=C(CSc1nc2ccccc2s1)Nc1ncn[nH]1. The smallest absolute Gasteiger partial charge is 0.237 e. The number of thioether (sulfide) groups is 1. The van der Waals surface area contributed by atoms with Gasteiger partial charge in [0.05, 0.1) is 16.0 Å². The third kappa shape index (κ3) is 2.91. The number of hydrogen-bond acceptors (Lipinski definition) is 6. The summed E-state index contributed by atoms with van der Waals surface area (Å²) in [7, 11) is 0. The number of thiazole rings is 1. The van der Waals surface area contributed by atoms with Crippen molar-refractivity contribution in [1.82, 2.24) is 20.2 Å². The van der Waals surface area contributed by atoms with Crippen LogP contribution in [0.25, 0.3) is 10.2 Å². The summed E-state index contributed by atoms with van der Waals surface area (Å²) < 4.78 is 2.01. The molecule has 0 fully saturated rings. The summed E-state index contributed by atoms with van der Waals surface area (Å²) in [4.78, 5) is 19.9. The van der Waals surface area contributed by atoms with Gasteiger partial charge in [0.25, 0.3) is 0 Å². The Morgan fingerprint density at radius 3 is 3.11 bits per heavy atom. The number of benzene rings is 1. The van der Waals surface area contributed by atoms with Gasteiger partial charge in [-0.2, -0.15) is 10.1 Å². The van der Waals surface area contributed by atoms with Crippen LogP contribution in [0.5, 0.6) is 0 Å². The minimum absolute atomic E-state index is 0.138. The van der Waals surface area contributed by atoms with E-state index in [-0.39, 0.29) is 5.91 Å². The van der Waals surface area contributed by atoms with E-state index in [2.05, 4.69) is 25.5 Å². The molecule has 1 amide bonds. The molecule has 0 aliphatic carbocycles. The second kappa shape index (κ2) is 5.37. The number of aromatic amines is 1. The van der Waals surface area contributed by atoms with Gasteiger partial charge in [-0.3, -0.25) is 10.1 Å². The van der Waals surface area contributed by atoms with E-state index in [1.54, 1.807) is 11.3 Å². The number of rotatable bonds is 4. The van der Waals surface area contributed by atoms with E-state index >= 15 is 0 Å². The minimum Gasteiger partial charge on any atom is -0.294 e. The lowest BCUT2D eigenvalue weighted by molar-refractivity contribution is -0.113. The van der Waals surface area contributed by atoms with Crippen molar-refractivity contribution in [2.24, 2.45) is 0 Å². The molecule has 2 N–H and O–H groups in total. The molecule has 2 aromatic heterocycles. The van der Waals surface area contributed by atoms with Crippen molar-refractivity contribution in [1.29, 1.82) is 0 Å². The van der Waals surface area contributed by atoms with Crippen molar-refractivity contribution in [2.75, 3.05) is 11.1 Å². The molecular formula is C11H9N5OS2. The Kier molecular flexibility index (Phi) is 3.43. The van der Waals surface area contributed by atoms with Crippen LogP contribution in [-0.4, -0.2) is 31.8 Å². The summed E-state index contributed by atoms with van der Waals surface area (Å²) in [6, 6.07) is 7.91. The van der Waals surface area contributed by atoms with E-state index in [4.69, 9.17) is 0 Å². The molecule has 3 aromatic rings. The van der Waals surface area contributed by atoms with Gasteiger partial charge in [-0.1, -0.05) is 23.9 Å². The zero-order valence-electron chi connectivity index (χ0n) is 9.66. The Morgan fingerprint density at radius 1 is 1.42 bits per heavy atom. The second-order valence-corrected chi connectivity index (χ2v) is 5.87. The Morgan fingerprint density at radius 2 is 2.32 bits per heavy atom. The molecule has 0 unspecified atom stereocenters. The largest absolute Gasteiger partial charge is 0.294 e. The van der Waals surface area contributed by atoms with Gasteiger partial charge in [0.2, 0.25) is 11.9 Å². The molecule has 2 heterocycles. The van der Waals surface area contributed by atoms with Crippen LogP contribution in [-0.2, 0) is 4.79 Å². The van der Waals surface area contributed by atoms with Crippen LogP contribution in [0.3, 0.4) is 0 Å². The van der Waals surface area contributed by atoms with Gasteiger partial charge in [-0.25, -0.2) is 10.1 Å². The van der Waals surface area contributed by atoms with E-state index in [1.165, 1.54) is 18.1 Å². The van der Waals surface area contributed by atoms with Gasteiger partial charge < -0.3 is 0 Å². The van der Waals surface area contributed by atoms with Crippen molar-refractivity contribution in [3.8, 4) is 0 Å². The first-order valence-electron chi connectivity index (χ1n) is 5.45. The summed E-state index contributed by atoms with van der Waals surface area (Å²) in [5, 5.41) is 8.84. The minimum atomic E-state index is -0.138. The summed E-state index contributed by atoms with van der Waals surface area (Å²) in [6.07, 6.45) is 1.34. The number of H-pyrrole nitrogens is 1. The zero-order valence-corrected chi connectivity index (χ0v) is 11.3. The fourth-order valence-corrected chi connectivity index (χ4v) is 3.34. The van der Waals surface area contributed by atoms with Crippen LogP contribution in [0.1, 0.15) is 0 Å². The Hall–Kier alpha value is -1.93. The highest BCUT2D eigenvalue weighted by atomic mass is 32.2. The van der Waals surface area contributed by atoms with Gasteiger partial charge in [0.1, 0.15) is 6.33 Å². The molecule has 0 radical (unpaired) electrons. The van der Waals surface area contributed by atoms with E-state index < -0.39 is 0 Å². The molecule has 0 aliphatic heterocycles. The van der Waals surface area contributed by atoms with Crippen LogP contribution in [0.15, 0.2) is 34.9 Å². The predicted octanol–water partition coefficient (Wildman–Crippen LogP) is 2.15. The van der Waals surface area contributed by atoms with Crippen molar-refractivity contribution in [3.63, 3.8) is 0 Å². The number of carbonyl (C=O) groups is 1. The molecule has 0 spiro atoms. The highest BCUT2D eigenvalue weighted by Crippen LogP contribution is 2.29. The number of para-hydroxylation sites is 1. The summed E-state index contributed by atoms with van der Waals surface area (Å²) in [5.41, 5.74) is 0.964. The normalized spacial score (nSPS) is 10.7. The maximum Gasteiger partial charge on any atom is 0.237 e. The predicted molar refractivity (Wildman–Crippen MR) is 75.4 cm³/mol. The van der Waals surface area contributed by atoms with E-state index in [1.807, 2.05) is 24.3 Å². The van der Waals surface area contributed by atoms with Crippen molar-refractivity contribution in [3.05, 3.63) is 30.6 Å². The van der Waals surface area contributed by atoms with Crippen LogP contribution in [0.4, 0.5) is 5.95 Å². The summed E-state index contributed by atoms with van der Waals surface area (Å²) in [5.74, 6) is 0.511. The third-order valence-corrected chi connectivity index (χ3v) is 4.45. The molecule has 0 bridgehead atoms. The van der Waals surface area contributed by atoms with Gasteiger partial charge >= 0.3 is 0 Å². The number of amides is 1. The van der Waals surface area contributed by atoms with Crippen molar-refractivity contribution < 1.29 is 4.79 Å². The Labute approximate surface area is 116 Å². The average Bonchev–Trinajstić information content (AvgIpc) is 3.04. The standard InChI is InChI=1S/C11H9N5OS2/c17-9(15-10-12-6-13-16-10)5-18-11-14-7-3-1-2-4-8(7)19-11/h1-4,6H,5H2,(H2,12,13,15,16,17). The van der Waals surface area contributed by atoms with Gasteiger partial charge in [0.15, 0.2) is 4.34 Å². The molecule has 0 saturated heterocycles. The maximum atomic E-state index is 11.7. The molecule has 3 rings (SSSR count). The van der Waals surface area contributed by atoms with Gasteiger partial charge in [-0.05, 0) is 12.1 Å². The summed E-state index contributed by atoms with van der Waals surface area (Å²) >= 11 is 2.99. The first-order chi connectivity index (χ1) is 9.31. The monoisotopic (exact) mass is 291 g/mol. The number of nitrogens with one attached hydrogen (secondary N) is 2. The molecule has 19 heavy (non-hydrogen) atoms. The third-order valence-electron chi connectivity index (χ3n) is 2.27. The highest BCUT2D eigenvalue weighted by molar-refractivity contribution is 8.01. The second-order valence-electron chi connectivity index (χ2n) is 3.62. The van der Waals surface area contributed by atoms with E-state index in [0.717, 1.165) is 14.6 Å². The van der Waals surface area contributed by atoms with Gasteiger partial charge in [-0.15, -0.1) is 11.3 Å². The van der Waals surface area contributed by atoms with E-state index in [0.29, 0.717) is 11.7 Å².